The number of carboxylic acids is 1. The predicted octanol–water partition coefficient (Wildman–Crippen LogP) is 2.33. The van der Waals surface area contributed by atoms with E-state index >= 15 is 0 Å². The number of hydrogen-bond acceptors (Lipinski definition) is 2. The van der Waals surface area contributed by atoms with Gasteiger partial charge in [-0.3, -0.25) is 4.79 Å². The molecule has 1 amide bonds. The zero-order valence-corrected chi connectivity index (χ0v) is 11.6. The third-order valence-electron chi connectivity index (χ3n) is 3.16. The highest BCUT2D eigenvalue weighted by atomic mass is 79.9. The first-order valence-corrected chi connectivity index (χ1v) is 6.55. The Bertz CT molecular complexity index is 501. The average molecular weight is 312 g/mol. The van der Waals surface area contributed by atoms with Gasteiger partial charge in [0.05, 0.1) is 0 Å². The van der Waals surface area contributed by atoms with E-state index in [1.807, 2.05) is 25.1 Å². The summed E-state index contributed by atoms with van der Waals surface area (Å²) in [6.07, 6.45) is 0.720. The fourth-order valence-corrected chi connectivity index (χ4v) is 2.77. The average Bonchev–Trinajstić information content (AvgIpc) is 2.64. The van der Waals surface area contributed by atoms with Gasteiger partial charge in [-0.15, -0.1) is 0 Å². The summed E-state index contributed by atoms with van der Waals surface area (Å²) in [7, 11) is 0. The number of carbonyl (C=O) groups excluding carboxylic acids is 1. The van der Waals surface area contributed by atoms with E-state index in [-0.39, 0.29) is 5.91 Å². The lowest BCUT2D eigenvalue weighted by Crippen LogP contribution is -2.37. The number of nitrogens with zero attached hydrogens (tertiary/aromatic N) is 1. The Morgan fingerprint density at radius 2 is 2.28 bits per heavy atom. The SMILES string of the molecule is Cc1ccc(CN2C(=O)CCC2C(=O)O)c(Br)c1. The molecule has 0 saturated carbocycles. The van der Waals surface area contributed by atoms with Crippen molar-refractivity contribution in [3.8, 4) is 0 Å². The van der Waals surface area contributed by atoms with Gasteiger partial charge in [0.15, 0.2) is 0 Å². The van der Waals surface area contributed by atoms with Crippen LogP contribution in [0.5, 0.6) is 0 Å². The van der Waals surface area contributed by atoms with E-state index in [1.165, 1.54) is 4.90 Å². The maximum atomic E-state index is 11.7. The summed E-state index contributed by atoms with van der Waals surface area (Å²) in [5, 5.41) is 9.09. The monoisotopic (exact) mass is 311 g/mol. The van der Waals surface area contributed by atoms with Crippen molar-refractivity contribution in [2.45, 2.75) is 32.4 Å². The van der Waals surface area contributed by atoms with Crippen LogP contribution in [0, 0.1) is 6.92 Å². The minimum absolute atomic E-state index is 0.0881. The Kier molecular flexibility index (Phi) is 3.71. The van der Waals surface area contributed by atoms with E-state index in [9.17, 15) is 9.59 Å². The molecule has 0 spiro atoms. The zero-order valence-electron chi connectivity index (χ0n) is 10.0. The third-order valence-corrected chi connectivity index (χ3v) is 3.90. The molecule has 0 radical (unpaired) electrons. The fraction of sp³-hybridized carbons (Fsp3) is 0.385. The topological polar surface area (TPSA) is 57.6 Å². The van der Waals surface area contributed by atoms with Crippen LogP contribution < -0.4 is 0 Å². The lowest BCUT2D eigenvalue weighted by molar-refractivity contribution is -0.146. The molecule has 1 heterocycles. The van der Waals surface area contributed by atoms with Gasteiger partial charge in [0.25, 0.3) is 0 Å². The predicted molar refractivity (Wildman–Crippen MR) is 70.1 cm³/mol. The molecule has 96 valence electrons. The number of halogens is 1. The van der Waals surface area contributed by atoms with Crippen LogP contribution >= 0.6 is 15.9 Å². The Morgan fingerprint density at radius 3 is 2.89 bits per heavy atom. The van der Waals surface area contributed by atoms with Gasteiger partial charge in [-0.25, -0.2) is 4.79 Å². The molecule has 0 aliphatic carbocycles. The summed E-state index contributed by atoms with van der Waals surface area (Å²) in [5.41, 5.74) is 2.05. The van der Waals surface area contributed by atoms with Crippen molar-refractivity contribution in [1.29, 1.82) is 0 Å². The number of carboxylic acid groups (broad SMARTS) is 1. The summed E-state index contributed by atoms with van der Waals surface area (Å²) < 4.78 is 0.909. The van der Waals surface area contributed by atoms with Gasteiger partial charge in [0.1, 0.15) is 6.04 Å². The molecule has 4 nitrogen and oxygen atoms in total. The van der Waals surface area contributed by atoms with E-state index in [1.54, 1.807) is 0 Å². The molecule has 0 bridgehead atoms. The summed E-state index contributed by atoms with van der Waals surface area (Å²) in [5.74, 6) is -1.01. The van der Waals surface area contributed by atoms with Gasteiger partial charge in [0, 0.05) is 17.4 Å². The molecular formula is C13H14BrNO3. The van der Waals surface area contributed by atoms with E-state index in [2.05, 4.69) is 15.9 Å². The van der Waals surface area contributed by atoms with Crippen molar-refractivity contribution in [3.63, 3.8) is 0 Å². The molecule has 1 aromatic rings. The van der Waals surface area contributed by atoms with Crippen molar-refractivity contribution in [3.05, 3.63) is 33.8 Å². The normalized spacial score (nSPS) is 19.3. The van der Waals surface area contributed by atoms with Crippen molar-refractivity contribution in [1.82, 2.24) is 4.90 Å². The molecule has 18 heavy (non-hydrogen) atoms. The van der Waals surface area contributed by atoms with Crippen LogP contribution in [0.15, 0.2) is 22.7 Å². The van der Waals surface area contributed by atoms with E-state index in [0.717, 1.165) is 15.6 Å². The number of hydrogen-bond donors (Lipinski definition) is 1. The second-order valence-corrected chi connectivity index (χ2v) is 5.36. The molecule has 1 N–H and O–H groups in total. The number of likely N-dealkylation sites (tertiary alicyclic amines) is 1. The number of aliphatic carboxylic acids is 1. The molecule has 1 fully saturated rings. The van der Waals surface area contributed by atoms with Crippen LogP contribution in [0.1, 0.15) is 24.0 Å². The standard InChI is InChI=1S/C13H14BrNO3/c1-8-2-3-9(10(14)6-8)7-15-11(13(17)18)4-5-12(15)16/h2-3,6,11H,4-5,7H2,1H3,(H,17,18). The first-order valence-electron chi connectivity index (χ1n) is 5.76. The van der Waals surface area contributed by atoms with Gasteiger partial charge in [-0.1, -0.05) is 28.1 Å². The summed E-state index contributed by atoms with van der Waals surface area (Å²) in [4.78, 5) is 24.2. The molecule has 1 unspecified atom stereocenters. The van der Waals surface area contributed by atoms with Crippen LogP contribution in [0.2, 0.25) is 0 Å². The second kappa shape index (κ2) is 5.10. The van der Waals surface area contributed by atoms with Crippen LogP contribution in [0.25, 0.3) is 0 Å². The van der Waals surface area contributed by atoms with Crippen molar-refractivity contribution < 1.29 is 14.7 Å². The lowest BCUT2D eigenvalue weighted by atomic mass is 10.1. The van der Waals surface area contributed by atoms with Crippen LogP contribution in [0.3, 0.4) is 0 Å². The Labute approximate surface area is 114 Å². The van der Waals surface area contributed by atoms with E-state index < -0.39 is 12.0 Å². The molecular weight excluding hydrogens is 298 g/mol. The highest BCUT2D eigenvalue weighted by Crippen LogP contribution is 2.25. The van der Waals surface area contributed by atoms with Crippen molar-refractivity contribution in [2.75, 3.05) is 0 Å². The lowest BCUT2D eigenvalue weighted by Gasteiger charge is -2.22. The second-order valence-electron chi connectivity index (χ2n) is 4.51. The minimum Gasteiger partial charge on any atom is -0.480 e. The Hall–Kier alpha value is -1.36. The number of amides is 1. The van der Waals surface area contributed by atoms with E-state index in [4.69, 9.17) is 5.11 Å². The molecule has 2 rings (SSSR count). The van der Waals surface area contributed by atoms with Gasteiger partial charge in [-0.05, 0) is 30.5 Å². The number of benzene rings is 1. The van der Waals surface area contributed by atoms with Crippen LogP contribution in [-0.4, -0.2) is 27.9 Å². The number of carbonyl (C=O) groups is 2. The largest absolute Gasteiger partial charge is 0.480 e. The molecule has 0 aromatic heterocycles. The summed E-state index contributed by atoms with van der Waals surface area (Å²) >= 11 is 3.45. The summed E-state index contributed by atoms with van der Waals surface area (Å²) in [6.45, 7) is 2.33. The fourth-order valence-electron chi connectivity index (χ4n) is 2.15. The first-order chi connectivity index (χ1) is 8.49. The van der Waals surface area contributed by atoms with Gasteiger partial charge in [0.2, 0.25) is 5.91 Å². The molecule has 1 saturated heterocycles. The summed E-state index contributed by atoms with van der Waals surface area (Å²) in [6, 6.07) is 5.15. The van der Waals surface area contributed by atoms with Crippen LogP contribution in [0.4, 0.5) is 0 Å². The molecule has 1 aromatic carbocycles. The maximum Gasteiger partial charge on any atom is 0.326 e. The maximum absolute atomic E-state index is 11.7. The Morgan fingerprint density at radius 1 is 1.56 bits per heavy atom. The quantitative estimate of drug-likeness (QED) is 0.932. The third kappa shape index (κ3) is 2.56. The number of rotatable bonds is 3. The molecule has 5 heteroatoms. The van der Waals surface area contributed by atoms with Gasteiger partial charge >= 0.3 is 5.97 Å². The zero-order chi connectivity index (χ0) is 13.3. The first kappa shape index (κ1) is 13.1. The highest BCUT2D eigenvalue weighted by Gasteiger charge is 2.35. The molecule has 1 aliphatic heterocycles. The Balaban J connectivity index is 2.21. The highest BCUT2D eigenvalue weighted by molar-refractivity contribution is 9.10. The number of aryl methyl sites for hydroxylation is 1. The van der Waals surface area contributed by atoms with Crippen molar-refractivity contribution >= 4 is 27.8 Å². The molecule has 1 aliphatic rings. The minimum atomic E-state index is -0.927. The van der Waals surface area contributed by atoms with E-state index in [0.29, 0.717) is 19.4 Å². The van der Waals surface area contributed by atoms with Gasteiger partial charge < -0.3 is 10.0 Å². The van der Waals surface area contributed by atoms with Gasteiger partial charge in [-0.2, -0.15) is 0 Å². The smallest absolute Gasteiger partial charge is 0.326 e. The molecule has 1 atom stereocenters. The van der Waals surface area contributed by atoms with Crippen molar-refractivity contribution in [2.24, 2.45) is 0 Å². The van der Waals surface area contributed by atoms with Crippen LogP contribution in [-0.2, 0) is 16.1 Å².